The maximum absolute atomic E-state index is 12.0. The molecule has 100 valence electrons. The molecule has 4 nitrogen and oxygen atoms in total. The topological polar surface area (TPSA) is 72.2 Å². The Bertz CT molecular complexity index is 491. The van der Waals surface area contributed by atoms with E-state index in [2.05, 4.69) is 21.2 Å². The first-order valence-electron chi connectivity index (χ1n) is 5.49. The van der Waals surface area contributed by atoms with Crippen molar-refractivity contribution in [1.82, 2.24) is 5.32 Å². The zero-order valence-corrected chi connectivity index (χ0v) is 13.0. The highest BCUT2D eigenvalue weighted by atomic mass is 79.9. The van der Waals surface area contributed by atoms with Gasteiger partial charge in [0, 0.05) is 44.6 Å². The van der Waals surface area contributed by atoms with Gasteiger partial charge in [-0.3, -0.25) is 9.00 Å². The van der Waals surface area contributed by atoms with Crippen LogP contribution in [0, 0.1) is 6.92 Å². The van der Waals surface area contributed by atoms with E-state index in [9.17, 15) is 9.00 Å². The van der Waals surface area contributed by atoms with Crippen LogP contribution in [-0.2, 0) is 10.8 Å². The Balaban J connectivity index is 2.82. The van der Waals surface area contributed by atoms with Crippen molar-refractivity contribution in [2.75, 3.05) is 18.5 Å². The molecule has 1 aromatic carbocycles. The molecular formula is C12H17BrN2O2S. The first-order valence-corrected chi connectivity index (χ1v) is 7.90. The summed E-state index contributed by atoms with van der Waals surface area (Å²) in [7, 11) is -0.946. The van der Waals surface area contributed by atoms with Crippen molar-refractivity contribution in [3.05, 3.63) is 27.7 Å². The van der Waals surface area contributed by atoms with E-state index in [4.69, 9.17) is 5.73 Å². The summed E-state index contributed by atoms with van der Waals surface area (Å²) in [6.45, 7) is 4.02. The van der Waals surface area contributed by atoms with Gasteiger partial charge in [0.1, 0.15) is 0 Å². The summed E-state index contributed by atoms with van der Waals surface area (Å²) >= 11 is 3.31. The van der Waals surface area contributed by atoms with E-state index >= 15 is 0 Å². The Morgan fingerprint density at radius 2 is 2.17 bits per heavy atom. The minimum atomic E-state index is -0.946. The van der Waals surface area contributed by atoms with Crippen molar-refractivity contribution in [1.29, 1.82) is 0 Å². The molecule has 0 fully saturated rings. The van der Waals surface area contributed by atoms with Gasteiger partial charge in [0.15, 0.2) is 0 Å². The number of benzene rings is 1. The van der Waals surface area contributed by atoms with Gasteiger partial charge in [0.05, 0.1) is 0 Å². The maximum atomic E-state index is 12.0. The summed E-state index contributed by atoms with van der Waals surface area (Å²) < 4.78 is 12.0. The molecule has 0 aromatic heterocycles. The number of carbonyl (C=O) groups excluding carboxylic acids is 1. The third-order valence-corrected chi connectivity index (χ3v) is 4.53. The van der Waals surface area contributed by atoms with Crippen LogP contribution in [0.1, 0.15) is 22.8 Å². The fourth-order valence-electron chi connectivity index (χ4n) is 1.38. The molecule has 0 heterocycles. The third kappa shape index (κ3) is 3.81. The average molecular weight is 333 g/mol. The monoisotopic (exact) mass is 332 g/mol. The van der Waals surface area contributed by atoms with E-state index in [0.29, 0.717) is 17.8 Å². The number of nitrogen functional groups attached to an aromatic ring is 1. The zero-order valence-electron chi connectivity index (χ0n) is 10.6. The number of amides is 1. The quantitative estimate of drug-likeness (QED) is 0.826. The van der Waals surface area contributed by atoms with Gasteiger partial charge in [0.25, 0.3) is 5.91 Å². The number of nitrogens with two attached hydrogens (primary N) is 1. The summed E-state index contributed by atoms with van der Waals surface area (Å²) in [5, 5.41) is 2.70. The minimum Gasteiger partial charge on any atom is -0.398 e. The fourth-order valence-corrected chi connectivity index (χ4v) is 2.18. The van der Waals surface area contributed by atoms with E-state index in [1.54, 1.807) is 25.3 Å². The summed E-state index contributed by atoms with van der Waals surface area (Å²) in [5.74, 6) is -0.196. The molecular weight excluding hydrogens is 316 g/mol. The molecule has 1 amide bonds. The van der Waals surface area contributed by atoms with Crippen LogP contribution < -0.4 is 11.1 Å². The normalized spacial score (nSPS) is 14.0. The minimum absolute atomic E-state index is 0.0706. The lowest BCUT2D eigenvalue weighted by Gasteiger charge is -2.12. The molecule has 2 atom stereocenters. The van der Waals surface area contributed by atoms with Gasteiger partial charge in [-0.1, -0.05) is 15.9 Å². The van der Waals surface area contributed by atoms with E-state index in [1.807, 2.05) is 6.92 Å². The van der Waals surface area contributed by atoms with Crippen LogP contribution in [0.15, 0.2) is 16.6 Å². The number of nitrogens with one attached hydrogen (secondary N) is 1. The Kier molecular flexibility index (Phi) is 5.34. The van der Waals surface area contributed by atoms with Crippen molar-refractivity contribution < 1.29 is 9.00 Å². The van der Waals surface area contributed by atoms with Crippen LogP contribution in [-0.4, -0.2) is 28.2 Å². The van der Waals surface area contributed by atoms with Gasteiger partial charge in [-0.05, 0) is 31.5 Å². The van der Waals surface area contributed by atoms with Gasteiger partial charge in [0.2, 0.25) is 0 Å². The van der Waals surface area contributed by atoms with Gasteiger partial charge in [-0.15, -0.1) is 0 Å². The predicted octanol–water partition coefficient (Wildman–Crippen LogP) is 1.84. The van der Waals surface area contributed by atoms with Crippen molar-refractivity contribution in [2.24, 2.45) is 0 Å². The predicted molar refractivity (Wildman–Crippen MR) is 79.2 cm³/mol. The largest absolute Gasteiger partial charge is 0.398 e. The van der Waals surface area contributed by atoms with Crippen molar-refractivity contribution in [3.63, 3.8) is 0 Å². The molecule has 0 saturated carbocycles. The molecule has 1 rings (SSSR count). The molecule has 0 aliphatic heterocycles. The van der Waals surface area contributed by atoms with Gasteiger partial charge >= 0.3 is 0 Å². The summed E-state index contributed by atoms with van der Waals surface area (Å²) in [6, 6.07) is 3.49. The molecule has 2 unspecified atom stereocenters. The molecule has 0 saturated heterocycles. The van der Waals surface area contributed by atoms with Crippen LogP contribution in [0.3, 0.4) is 0 Å². The Labute approximate surface area is 118 Å². The SMILES string of the molecule is Cc1c(N)cc(Br)cc1C(=O)NCC(C)S(C)=O. The van der Waals surface area contributed by atoms with Crippen LogP contribution in [0.2, 0.25) is 0 Å². The van der Waals surface area contributed by atoms with E-state index < -0.39 is 10.8 Å². The average Bonchev–Trinajstić information content (AvgIpc) is 2.29. The van der Waals surface area contributed by atoms with Gasteiger partial charge in [-0.25, -0.2) is 0 Å². The van der Waals surface area contributed by atoms with Crippen LogP contribution >= 0.6 is 15.9 Å². The summed E-state index contributed by atoms with van der Waals surface area (Å²) in [4.78, 5) is 12.0. The van der Waals surface area contributed by atoms with E-state index in [0.717, 1.165) is 10.0 Å². The van der Waals surface area contributed by atoms with Crippen molar-refractivity contribution >= 4 is 38.3 Å². The van der Waals surface area contributed by atoms with E-state index in [1.165, 1.54) is 0 Å². The maximum Gasteiger partial charge on any atom is 0.251 e. The number of carbonyl (C=O) groups is 1. The second-order valence-electron chi connectivity index (χ2n) is 4.19. The van der Waals surface area contributed by atoms with E-state index in [-0.39, 0.29) is 11.2 Å². The molecule has 1 aromatic rings. The first kappa shape index (κ1) is 15.2. The standard InChI is InChI=1S/C12H17BrN2O2S/c1-7(18(3)17)6-15-12(16)10-4-9(13)5-11(14)8(10)2/h4-5,7H,6,14H2,1-3H3,(H,15,16). The third-order valence-electron chi connectivity index (χ3n) is 2.77. The van der Waals surface area contributed by atoms with Crippen LogP contribution in [0.4, 0.5) is 5.69 Å². The smallest absolute Gasteiger partial charge is 0.251 e. The molecule has 0 bridgehead atoms. The highest BCUT2D eigenvalue weighted by Gasteiger charge is 2.14. The lowest BCUT2D eigenvalue weighted by Crippen LogP contribution is -2.33. The summed E-state index contributed by atoms with van der Waals surface area (Å²) in [6.07, 6.45) is 1.62. The summed E-state index contributed by atoms with van der Waals surface area (Å²) in [5.41, 5.74) is 7.66. The number of halogens is 1. The molecule has 0 aliphatic rings. The Morgan fingerprint density at radius 1 is 1.56 bits per heavy atom. The second-order valence-corrected chi connectivity index (χ2v) is 6.90. The lowest BCUT2D eigenvalue weighted by atomic mass is 10.1. The number of hydrogen-bond acceptors (Lipinski definition) is 3. The number of anilines is 1. The molecule has 0 aliphatic carbocycles. The number of hydrogen-bond donors (Lipinski definition) is 2. The first-order chi connectivity index (χ1) is 8.32. The highest BCUT2D eigenvalue weighted by Crippen LogP contribution is 2.22. The molecule has 18 heavy (non-hydrogen) atoms. The van der Waals surface area contributed by atoms with Crippen LogP contribution in [0.5, 0.6) is 0 Å². The lowest BCUT2D eigenvalue weighted by molar-refractivity contribution is 0.0953. The molecule has 0 spiro atoms. The second kappa shape index (κ2) is 6.33. The van der Waals surface area contributed by atoms with Crippen LogP contribution in [0.25, 0.3) is 0 Å². The molecule has 0 radical (unpaired) electrons. The van der Waals surface area contributed by atoms with Crippen molar-refractivity contribution in [2.45, 2.75) is 19.1 Å². The van der Waals surface area contributed by atoms with Gasteiger partial charge < -0.3 is 11.1 Å². The van der Waals surface area contributed by atoms with Gasteiger partial charge in [-0.2, -0.15) is 0 Å². The zero-order chi connectivity index (χ0) is 13.9. The molecule has 6 heteroatoms. The Morgan fingerprint density at radius 3 is 2.72 bits per heavy atom. The molecule has 3 N–H and O–H groups in total. The fraction of sp³-hybridized carbons (Fsp3) is 0.417. The van der Waals surface area contributed by atoms with Crippen molar-refractivity contribution in [3.8, 4) is 0 Å². The number of rotatable bonds is 4. The Hall–Kier alpha value is -0.880. The highest BCUT2D eigenvalue weighted by molar-refractivity contribution is 9.10.